The van der Waals surface area contributed by atoms with Crippen LogP contribution in [0, 0.1) is 11.8 Å². The van der Waals surface area contributed by atoms with Gasteiger partial charge in [0.25, 0.3) is 0 Å². The number of anilines is 2. The van der Waals surface area contributed by atoms with E-state index >= 15 is 0 Å². The number of hydrogen-bond acceptors (Lipinski definition) is 2. The predicted octanol–water partition coefficient (Wildman–Crippen LogP) is 3.80. The van der Waals surface area contributed by atoms with Gasteiger partial charge in [-0.2, -0.15) is 0 Å². The third-order valence-electron chi connectivity index (χ3n) is 3.90. The first-order valence-electron chi connectivity index (χ1n) is 7.78. The normalized spacial score (nSPS) is 15.8. The van der Waals surface area contributed by atoms with Crippen LogP contribution in [0.15, 0.2) is 24.3 Å². The molecule has 21 heavy (non-hydrogen) atoms. The molecule has 1 aromatic rings. The lowest BCUT2D eigenvalue weighted by Gasteiger charge is -2.21. The Kier molecular flexibility index (Phi) is 5.37. The van der Waals surface area contributed by atoms with E-state index in [1.165, 1.54) is 6.42 Å². The van der Waals surface area contributed by atoms with Crippen molar-refractivity contribution in [1.29, 1.82) is 0 Å². The highest BCUT2D eigenvalue weighted by atomic mass is 16.2. The highest BCUT2D eigenvalue weighted by molar-refractivity contribution is 5.95. The molecule has 1 aromatic carbocycles. The first-order chi connectivity index (χ1) is 10.1. The van der Waals surface area contributed by atoms with Gasteiger partial charge in [0.2, 0.25) is 11.8 Å². The van der Waals surface area contributed by atoms with Crippen LogP contribution in [0.5, 0.6) is 0 Å². The minimum absolute atomic E-state index is 0.0224. The summed E-state index contributed by atoms with van der Waals surface area (Å²) >= 11 is 0. The maximum Gasteiger partial charge on any atom is 0.227 e. The van der Waals surface area contributed by atoms with Crippen molar-refractivity contribution in [3.05, 3.63) is 24.3 Å². The molecule has 0 saturated heterocycles. The molecule has 2 amide bonds. The molecule has 4 nitrogen and oxygen atoms in total. The van der Waals surface area contributed by atoms with E-state index in [2.05, 4.69) is 10.6 Å². The molecule has 0 heterocycles. The van der Waals surface area contributed by atoms with Crippen LogP contribution >= 0.6 is 0 Å². The Hall–Kier alpha value is -1.84. The third-order valence-corrected chi connectivity index (χ3v) is 3.90. The fourth-order valence-corrected chi connectivity index (χ4v) is 2.57. The van der Waals surface area contributed by atoms with E-state index in [0.29, 0.717) is 0 Å². The van der Waals surface area contributed by atoms with E-state index in [9.17, 15) is 9.59 Å². The van der Waals surface area contributed by atoms with E-state index < -0.39 is 0 Å². The zero-order chi connectivity index (χ0) is 15.2. The number of hydrogen-bond donors (Lipinski definition) is 2. The summed E-state index contributed by atoms with van der Waals surface area (Å²) in [5, 5.41) is 5.81. The smallest absolute Gasteiger partial charge is 0.227 e. The Morgan fingerprint density at radius 1 is 1.05 bits per heavy atom. The Morgan fingerprint density at radius 3 is 2.29 bits per heavy atom. The molecule has 0 unspecified atom stereocenters. The fourth-order valence-electron chi connectivity index (χ4n) is 2.57. The molecule has 1 aliphatic carbocycles. The first kappa shape index (κ1) is 15.5. The molecular weight excluding hydrogens is 264 g/mol. The SMILES string of the molecule is CC(C)C(=O)Nc1cccc(NC(=O)C2CCCCC2)c1. The van der Waals surface area contributed by atoms with Gasteiger partial charge in [0.05, 0.1) is 0 Å². The number of benzene rings is 1. The maximum absolute atomic E-state index is 12.2. The number of amides is 2. The summed E-state index contributed by atoms with van der Waals surface area (Å²) in [7, 11) is 0. The molecular formula is C17H24N2O2. The standard InChI is InChI=1S/C17H24N2O2/c1-12(2)16(20)18-14-9-6-10-15(11-14)19-17(21)13-7-4-3-5-8-13/h6,9-13H,3-5,7-8H2,1-2H3,(H,18,20)(H,19,21). The van der Waals surface area contributed by atoms with Gasteiger partial charge in [-0.25, -0.2) is 0 Å². The number of rotatable bonds is 4. The van der Waals surface area contributed by atoms with Crippen molar-refractivity contribution in [3.63, 3.8) is 0 Å². The highest BCUT2D eigenvalue weighted by Gasteiger charge is 2.21. The van der Waals surface area contributed by atoms with Gasteiger partial charge >= 0.3 is 0 Å². The van der Waals surface area contributed by atoms with E-state index in [-0.39, 0.29) is 23.7 Å². The molecule has 0 bridgehead atoms. The Bertz CT molecular complexity index is 505. The van der Waals surface area contributed by atoms with Crippen LogP contribution in [-0.4, -0.2) is 11.8 Å². The van der Waals surface area contributed by atoms with Crippen molar-refractivity contribution < 1.29 is 9.59 Å². The summed E-state index contributed by atoms with van der Waals surface area (Å²) in [6.45, 7) is 3.70. The number of carbonyl (C=O) groups excluding carboxylic acids is 2. The molecule has 0 radical (unpaired) electrons. The van der Waals surface area contributed by atoms with Crippen molar-refractivity contribution in [3.8, 4) is 0 Å². The van der Waals surface area contributed by atoms with Crippen LogP contribution in [0.2, 0.25) is 0 Å². The molecule has 1 aliphatic rings. The largest absolute Gasteiger partial charge is 0.326 e. The van der Waals surface area contributed by atoms with Gasteiger partial charge in [-0.1, -0.05) is 39.2 Å². The zero-order valence-corrected chi connectivity index (χ0v) is 12.8. The summed E-state index contributed by atoms with van der Waals surface area (Å²) in [6, 6.07) is 7.33. The predicted molar refractivity (Wildman–Crippen MR) is 85.1 cm³/mol. The quantitative estimate of drug-likeness (QED) is 0.885. The lowest BCUT2D eigenvalue weighted by Crippen LogP contribution is -2.24. The van der Waals surface area contributed by atoms with E-state index in [1.807, 2.05) is 32.0 Å². The van der Waals surface area contributed by atoms with E-state index in [1.54, 1.807) is 6.07 Å². The fraction of sp³-hybridized carbons (Fsp3) is 0.529. The van der Waals surface area contributed by atoms with Crippen LogP contribution in [-0.2, 0) is 9.59 Å². The average Bonchev–Trinajstić information content (AvgIpc) is 2.48. The molecule has 0 atom stereocenters. The second-order valence-corrected chi connectivity index (χ2v) is 6.05. The summed E-state index contributed by atoms with van der Waals surface area (Å²) < 4.78 is 0. The van der Waals surface area contributed by atoms with Crippen LogP contribution < -0.4 is 10.6 Å². The average molecular weight is 288 g/mol. The molecule has 1 saturated carbocycles. The lowest BCUT2D eigenvalue weighted by atomic mass is 9.88. The van der Waals surface area contributed by atoms with Crippen molar-refractivity contribution in [1.82, 2.24) is 0 Å². The molecule has 0 aliphatic heterocycles. The van der Waals surface area contributed by atoms with Gasteiger partial charge in [0, 0.05) is 23.2 Å². The highest BCUT2D eigenvalue weighted by Crippen LogP contribution is 2.25. The Balaban J connectivity index is 1.97. The van der Waals surface area contributed by atoms with Gasteiger partial charge in [-0.15, -0.1) is 0 Å². The molecule has 0 aromatic heterocycles. The van der Waals surface area contributed by atoms with Gasteiger partial charge in [0.15, 0.2) is 0 Å². The van der Waals surface area contributed by atoms with Crippen LogP contribution in [0.25, 0.3) is 0 Å². The van der Waals surface area contributed by atoms with Crippen molar-refractivity contribution in [2.24, 2.45) is 11.8 Å². The molecule has 114 valence electrons. The van der Waals surface area contributed by atoms with Crippen LogP contribution in [0.3, 0.4) is 0 Å². The van der Waals surface area contributed by atoms with E-state index in [4.69, 9.17) is 0 Å². The van der Waals surface area contributed by atoms with Crippen molar-refractivity contribution >= 4 is 23.2 Å². The maximum atomic E-state index is 12.2. The summed E-state index contributed by atoms with van der Waals surface area (Å²) in [6.07, 6.45) is 5.48. The van der Waals surface area contributed by atoms with Crippen molar-refractivity contribution in [2.45, 2.75) is 46.0 Å². The zero-order valence-electron chi connectivity index (χ0n) is 12.8. The summed E-state index contributed by atoms with van der Waals surface area (Å²) in [4.78, 5) is 23.9. The topological polar surface area (TPSA) is 58.2 Å². The molecule has 1 fully saturated rings. The second kappa shape index (κ2) is 7.25. The molecule has 2 N–H and O–H groups in total. The van der Waals surface area contributed by atoms with Gasteiger partial charge in [-0.05, 0) is 31.0 Å². The minimum atomic E-state index is -0.0644. The molecule has 2 rings (SSSR count). The first-order valence-corrected chi connectivity index (χ1v) is 7.78. The number of nitrogens with one attached hydrogen (secondary N) is 2. The van der Waals surface area contributed by atoms with Gasteiger partial charge < -0.3 is 10.6 Å². The van der Waals surface area contributed by atoms with Crippen molar-refractivity contribution in [2.75, 3.05) is 10.6 Å². The Morgan fingerprint density at radius 2 is 1.67 bits per heavy atom. The third kappa shape index (κ3) is 4.59. The Labute approximate surface area is 126 Å². The molecule has 0 spiro atoms. The second-order valence-electron chi connectivity index (χ2n) is 6.05. The van der Waals surface area contributed by atoms with Gasteiger partial charge in [0.1, 0.15) is 0 Å². The van der Waals surface area contributed by atoms with Gasteiger partial charge in [-0.3, -0.25) is 9.59 Å². The minimum Gasteiger partial charge on any atom is -0.326 e. The number of carbonyl (C=O) groups is 2. The molecule has 4 heteroatoms. The monoisotopic (exact) mass is 288 g/mol. The summed E-state index contributed by atoms with van der Waals surface area (Å²) in [5.74, 6) is 0.144. The van der Waals surface area contributed by atoms with Crippen LogP contribution in [0.1, 0.15) is 46.0 Å². The summed E-state index contributed by atoms with van der Waals surface area (Å²) in [5.41, 5.74) is 1.46. The van der Waals surface area contributed by atoms with E-state index in [0.717, 1.165) is 37.1 Å². The van der Waals surface area contributed by atoms with Crippen LogP contribution in [0.4, 0.5) is 11.4 Å². The lowest BCUT2D eigenvalue weighted by molar-refractivity contribution is -0.121.